The molecule has 4 aromatic rings. The molecule has 156 valence electrons. The summed E-state index contributed by atoms with van der Waals surface area (Å²) in [4.78, 5) is 23.2. The Hall–Kier alpha value is -4.22. The number of tetrazole rings is 1. The van der Waals surface area contributed by atoms with Gasteiger partial charge in [0.1, 0.15) is 30.3 Å². The van der Waals surface area contributed by atoms with E-state index < -0.39 is 18.0 Å². The molecule has 1 amide bonds. The van der Waals surface area contributed by atoms with E-state index in [4.69, 9.17) is 4.74 Å². The summed E-state index contributed by atoms with van der Waals surface area (Å²) in [5, 5.41) is 15.8. The molecule has 31 heavy (non-hydrogen) atoms. The molecule has 0 N–H and O–H groups in total. The van der Waals surface area contributed by atoms with Crippen molar-refractivity contribution in [3.8, 4) is 22.6 Å². The molecule has 0 aliphatic carbocycles. The summed E-state index contributed by atoms with van der Waals surface area (Å²) in [7, 11) is 1.66. The first-order valence-corrected chi connectivity index (χ1v) is 9.38. The van der Waals surface area contributed by atoms with Gasteiger partial charge in [0.25, 0.3) is 0 Å². The summed E-state index contributed by atoms with van der Waals surface area (Å²) in [5.74, 6) is -0.0879. The van der Waals surface area contributed by atoms with E-state index in [0.717, 1.165) is 0 Å². The SMILES string of the molecule is Cn1nnc(-c2ccc(-c3ccc(N4C[C@H](Cn5cncn5)OC4=O)cc3F)cn2)n1. The van der Waals surface area contributed by atoms with E-state index in [1.807, 2.05) is 0 Å². The molecule has 0 radical (unpaired) electrons. The Kier molecular flexibility index (Phi) is 4.58. The minimum atomic E-state index is -0.528. The zero-order valence-electron chi connectivity index (χ0n) is 16.3. The molecule has 1 aromatic carbocycles. The van der Waals surface area contributed by atoms with Gasteiger partial charge in [-0.05, 0) is 29.5 Å². The summed E-state index contributed by atoms with van der Waals surface area (Å²) >= 11 is 0. The molecule has 1 saturated heterocycles. The molecule has 0 bridgehead atoms. The van der Waals surface area contributed by atoms with E-state index in [1.54, 1.807) is 48.5 Å². The predicted molar refractivity (Wildman–Crippen MR) is 105 cm³/mol. The van der Waals surface area contributed by atoms with Crippen LogP contribution in [0.5, 0.6) is 0 Å². The molecular weight excluding hydrogens is 405 g/mol. The quantitative estimate of drug-likeness (QED) is 0.478. The molecule has 1 aliphatic heterocycles. The fourth-order valence-corrected chi connectivity index (χ4v) is 3.34. The van der Waals surface area contributed by atoms with Gasteiger partial charge in [-0.25, -0.2) is 18.9 Å². The Labute approximate surface area is 175 Å². The molecule has 4 heterocycles. The topological polar surface area (TPSA) is 117 Å². The third kappa shape index (κ3) is 3.70. The summed E-state index contributed by atoms with van der Waals surface area (Å²) < 4.78 is 21.8. The number of nitrogens with zero attached hydrogens (tertiary/aromatic N) is 9. The average molecular weight is 421 g/mol. The van der Waals surface area contributed by atoms with Gasteiger partial charge in [-0.3, -0.25) is 9.88 Å². The van der Waals surface area contributed by atoms with Gasteiger partial charge in [0.15, 0.2) is 0 Å². The maximum absolute atomic E-state index is 14.9. The maximum Gasteiger partial charge on any atom is 0.414 e. The highest BCUT2D eigenvalue weighted by Gasteiger charge is 2.33. The van der Waals surface area contributed by atoms with Crippen LogP contribution in [0.1, 0.15) is 0 Å². The minimum Gasteiger partial charge on any atom is -0.442 e. The van der Waals surface area contributed by atoms with Gasteiger partial charge in [0, 0.05) is 17.3 Å². The summed E-state index contributed by atoms with van der Waals surface area (Å²) in [5.41, 5.74) is 1.90. The van der Waals surface area contributed by atoms with Crippen LogP contribution in [0.2, 0.25) is 0 Å². The highest BCUT2D eigenvalue weighted by atomic mass is 19.1. The highest BCUT2D eigenvalue weighted by molar-refractivity contribution is 5.90. The lowest BCUT2D eigenvalue weighted by Crippen LogP contribution is -2.26. The lowest BCUT2D eigenvalue weighted by Gasteiger charge is -2.14. The van der Waals surface area contributed by atoms with Gasteiger partial charge in [0.05, 0.1) is 25.8 Å². The Morgan fingerprint density at radius 2 is 2.16 bits per heavy atom. The Morgan fingerprint density at radius 3 is 2.84 bits per heavy atom. The maximum atomic E-state index is 14.9. The van der Waals surface area contributed by atoms with Crippen LogP contribution in [0.4, 0.5) is 14.9 Å². The van der Waals surface area contributed by atoms with E-state index in [9.17, 15) is 9.18 Å². The third-order valence-corrected chi connectivity index (χ3v) is 4.81. The molecule has 0 saturated carbocycles. The standard InChI is InChI=1S/C19H16FN9O2/c1-27-25-18(24-26-27)17-5-2-12(7-22-17)15-4-3-13(6-16(15)20)29-9-14(31-19(29)30)8-28-11-21-10-23-28/h2-7,10-11,14H,8-9H2,1H3/t14-/m0/s1. The minimum absolute atomic E-state index is 0.291. The molecule has 1 atom stereocenters. The first-order valence-electron chi connectivity index (χ1n) is 9.38. The highest BCUT2D eigenvalue weighted by Crippen LogP contribution is 2.29. The van der Waals surface area contributed by atoms with Crippen molar-refractivity contribution < 1.29 is 13.9 Å². The Bertz CT molecular complexity index is 1220. The first-order chi connectivity index (χ1) is 15.1. The molecule has 11 nitrogen and oxygen atoms in total. The number of carbonyl (C=O) groups excluding carboxylic acids is 1. The van der Waals surface area contributed by atoms with Crippen LogP contribution < -0.4 is 4.90 Å². The Morgan fingerprint density at radius 1 is 1.26 bits per heavy atom. The van der Waals surface area contributed by atoms with Crippen molar-refractivity contribution in [1.82, 2.24) is 40.0 Å². The van der Waals surface area contributed by atoms with Gasteiger partial charge in [-0.15, -0.1) is 10.2 Å². The third-order valence-electron chi connectivity index (χ3n) is 4.81. The number of hydrogen-bond donors (Lipinski definition) is 0. The first kappa shape index (κ1) is 18.8. The normalized spacial score (nSPS) is 16.0. The van der Waals surface area contributed by atoms with E-state index in [2.05, 4.69) is 30.5 Å². The molecule has 1 fully saturated rings. The van der Waals surface area contributed by atoms with Crippen LogP contribution in [-0.2, 0) is 18.3 Å². The number of benzene rings is 1. The van der Waals surface area contributed by atoms with Gasteiger partial charge >= 0.3 is 6.09 Å². The summed E-state index contributed by atoms with van der Waals surface area (Å²) in [6.45, 7) is 0.667. The van der Waals surface area contributed by atoms with Gasteiger partial charge < -0.3 is 4.74 Å². The zero-order chi connectivity index (χ0) is 21.4. The number of halogens is 1. The summed E-state index contributed by atoms with van der Waals surface area (Å²) in [6.07, 6.45) is 3.57. The van der Waals surface area contributed by atoms with Crippen molar-refractivity contribution in [2.75, 3.05) is 11.4 Å². The van der Waals surface area contributed by atoms with Crippen molar-refractivity contribution >= 4 is 11.8 Å². The van der Waals surface area contributed by atoms with Crippen LogP contribution in [-0.4, -0.2) is 58.7 Å². The fraction of sp³-hybridized carbons (Fsp3) is 0.211. The van der Waals surface area contributed by atoms with Gasteiger partial charge in [-0.2, -0.15) is 9.90 Å². The second-order valence-electron chi connectivity index (χ2n) is 6.93. The van der Waals surface area contributed by atoms with E-state index in [-0.39, 0.29) is 0 Å². The molecule has 1 aliphatic rings. The molecular formula is C19H16FN9O2. The van der Waals surface area contributed by atoms with Crippen molar-refractivity contribution in [3.63, 3.8) is 0 Å². The zero-order valence-corrected chi connectivity index (χ0v) is 16.3. The molecule has 5 rings (SSSR count). The number of carbonyl (C=O) groups is 1. The average Bonchev–Trinajstić information content (AvgIpc) is 3.51. The van der Waals surface area contributed by atoms with Crippen molar-refractivity contribution in [3.05, 3.63) is 55.0 Å². The van der Waals surface area contributed by atoms with E-state index in [0.29, 0.717) is 41.4 Å². The van der Waals surface area contributed by atoms with Crippen LogP contribution in [0, 0.1) is 5.82 Å². The van der Waals surface area contributed by atoms with Gasteiger partial charge in [0.2, 0.25) is 5.82 Å². The van der Waals surface area contributed by atoms with E-state index >= 15 is 0 Å². The van der Waals surface area contributed by atoms with Crippen molar-refractivity contribution in [2.45, 2.75) is 12.6 Å². The fourth-order valence-electron chi connectivity index (χ4n) is 3.34. The van der Waals surface area contributed by atoms with Crippen LogP contribution in [0.15, 0.2) is 49.2 Å². The van der Waals surface area contributed by atoms with Crippen LogP contribution in [0.25, 0.3) is 22.6 Å². The number of aryl methyl sites for hydroxylation is 1. The number of hydrogen-bond acceptors (Lipinski definition) is 8. The number of pyridine rings is 1. The Balaban J connectivity index is 1.33. The van der Waals surface area contributed by atoms with Gasteiger partial charge in [-0.1, -0.05) is 6.07 Å². The lowest BCUT2D eigenvalue weighted by atomic mass is 10.1. The number of aromatic nitrogens is 8. The molecule has 12 heteroatoms. The second kappa shape index (κ2) is 7.55. The monoisotopic (exact) mass is 421 g/mol. The van der Waals surface area contributed by atoms with Crippen molar-refractivity contribution in [2.24, 2.45) is 7.05 Å². The number of cyclic esters (lactones) is 1. The van der Waals surface area contributed by atoms with Crippen molar-refractivity contribution in [1.29, 1.82) is 0 Å². The number of ether oxygens (including phenoxy) is 1. The van der Waals surface area contributed by atoms with Crippen LogP contribution >= 0.6 is 0 Å². The molecule has 0 spiro atoms. The van der Waals surface area contributed by atoms with E-state index in [1.165, 1.54) is 22.1 Å². The number of rotatable bonds is 5. The summed E-state index contributed by atoms with van der Waals surface area (Å²) in [6, 6.07) is 8.03. The number of anilines is 1. The largest absolute Gasteiger partial charge is 0.442 e. The predicted octanol–water partition coefficient (Wildman–Crippen LogP) is 1.70. The molecule has 0 unspecified atom stereocenters. The number of amides is 1. The lowest BCUT2D eigenvalue weighted by molar-refractivity contribution is 0.129. The smallest absolute Gasteiger partial charge is 0.414 e. The second-order valence-corrected chi connectivity index (χ2v) is 6.93. The van der Waals surface area contributed by atoms with Crippen LogP contribution in [0.3, 0.4) is 0 Å². The molecule has 3 aromatic heterocycles.